The predicted octanol–water partition coefficient (Wildman–Crippen LogP) is 1.63. The number of carbonyl (C=O) groups is 2. The van der Waals surface area contributed by atoms with E-state index < -0.39 is 18.0 Å². The lowest BCUT2D eigenvalue weighted by atomic mass is 10.2. The Hall–Kier alpha value is -0.560. The van der Waals surface area contributed by atoms with E-state index in [9.17, 15) is 9.59 Å². The molecule has 3 N–H and O–H groups in total. The molecular weight excluding hydrogens is 272 g/mol. The molecule has 0 radical (unpaired) electrons. The molecule has 0 fully saturated rings. The normalized spacial score (nSPS) is 13.7. The number of nitrogens with one attached hydrogen (secondary N) is 2. The van der Waals surface area contributed by atoms with E-state index in [4.69, 9.17) is 5.11 Å². The molecule has 0 aliphatic heterocycles. The van der Waals surface area contributed by atoms with Crippen molar-refractivity contribution in [2.75, 3.05) is 24.0 Å². The predicted molar refractivity (Wildman–Crippen MR) is 78.6 cm³/mol. The number of thioether (sulfide) groups is 2. The molecule has 0 saturated carbocycles. The van der Waals surface area contributed by atoms with Crippen LogP contribution in [0.15, 0.2) is 0 Å². The smallest absolute Gasteiger partial charge is 0.326 e. The Kier molecular flexibility index (Phi) is 10.0. The summed E-state index contributed by atoms with van der Waals surface area (Å²) >= 11 is 3.28. The summed E-state index contributed by atoms with van der Waals surface area (Å²) in [6.07, 6.45) is 5.22. The van der Waals surface area contributed by atoms with Crippen LogP contribution in [0.3, 0.4) is 0 Å². The summed E-state index contributed by atoms with van der Waals surface area (Å²) in [6.45, 7) is 1.91. The molecule has 18 heavy (non-hydrogen) atoms. The highest BCUT2D eigenvalue weighted by Crippen LogP contribution is 2.02. The Morgan fingerprint density at radius 3 is 2.17 bits per heavy atom. The molecule has 0 aromatic rings. The van der Waals surface area contributed by atoms with E-state index in [1.165, 1.54) is 0 Å². The van der Waals surface area contributed by atoms with Crippen molar-refractivity contribution < 1.29 is 14.7 Å². The first-order chi connectivity index (χ1) is 8.51. The van der Waals surface area contributed by atoms with Crippen molar-refractivity contribution in [3.8, 4) is 0 Å². The third kappa shape index (κ3) is 8.52. The van der Waals surface area contributed by atoms with Gasteiger partial charge in [-0.15, -0.1) is 0 Å². The lowest BCUT2D eigenvalue weighted by Crippen LogP contribution is -2.48. The van der Waals surface area contributed by atoms with Crippen molar-refractivity contribution in [1.29, 1.82) is 0 Å². The fourth-order valence-electron chi connectivity index (χ4n) is 1.28. The van der Waals surface area contributed by atoms with Crippen LogP contribution in [0.4, 0.5) is 4.79 Å². The van der Waals surface area contributed by atoms with Gasteiger partial charge in [0.25, 0.3) is 0 Å². The maximum atomic E-state index is 11.6. The van der Waals surface area contributed by atoms with Gasteiger partial charge >= 0.3 is 12.0 Å². The largest absolute Gasteiger partial charge is 0.480 e. The van der Waals surface area contributed by atoms with Crippen LogP contribution < -0.4 is 10.6 Å². The van der Waals surface area contributed by atoms with E-state index >= 15 is 0 Å². The molecule has 0 heterocycles. The van der Waals surface area contributed by atoms with Gasteiger partial charge in [-0.1, -0.05) is 0 Å². The summed E-state index contributed by atoms with van der Waals surface area (Å²) in [4.78, 5) is 22.5. The Morgan fingerprint density at radius 2 is 1.67 bits per heavy atom. The number of rotatable bonds is 9. The number of carboxylic acid groups (broad SMARTS) is 1. The minimum Gasteiger partial charge on any atom is -0.480 e. The van der Waals surface area contributed by atoms with Crippen LogP contribution in [0, 0.1) is 0 Å². The van der Waals surface area contributed by atoms with Crippen LogP contribution in [0.25, 0.3) is 0 Å². The van der Waals surface area contributed by atoms with Crippen molar-refractivity contribution in [2.45, 2.75) is 31.8 Å². The molecular formula is C11H22N2O3S2. The van der Waals surface area contributed by atoms with Gasteiger partial charge in [0.2, 0.25) is 0 Å². The minimum atomic E-state index is -0.990. The molecule has 0 aliphatic rings. The minimum absolute atomic E-state index is 0.0486. The number of amides is 2. The van der Waals surface area contributed by atoms with Crippen LogP contribution in [0.2, 0.25) is 0 Å². The molecule has 2 amide bonds. The monoisotopic (exact) mass is 294 g/mol. The Balaban J connectivity index is 4.04. The fraction of sp³-hybridized carbons (Fsp3) is 0.818. The van der Waals surface area contributed by atoms with E-state index in [0.29, 0.717) is 12.2 Å². The average Bonchev–Trinajstić information content (AvgIpc) is 2.31. The molecule has 0 rings (SSSR count). The van der Waals surface area contributed by atoms with Crippen LogP contribution in [0.1, 0.15) is 19.8 Å². The third-order valence-corrected chi connectivity index (χ3v) is 3.63. The molecule has 7 heteroatoms. The highest BCUT2D eigenvalue weighted by Gasteiger charge is 2.19. The third-order valence-electron chi connectivity index (χ3n) is 2.35. The maximum absolute atomic E-state index is 11.6. The van der Waals surface area contributed by atoms with E-state index in [1.807, 2.05) is 19.4 Å². The van der Waals surface area contributed by atoms with Gasteiger partial charge in [-0.05, 0) is 43.8 Å². The van der Waals surface area contributed by atoms with Gasteiger partial charge in [-0.25, -0.2) is 9.59 Å². The quantitative estimate of drug-likeness (QED) is 0.602. The van der Waals surface area contributed by atoms with Crippen molar-refractivity contribution in [2.24, 2.45) is 0 Å². The van der Waals surface area contributed by atoms with E-state index in [1.54, 1.807) is 23.5 Å². The Morgan fingerprint density at radius 1 is 1.11 bits per heavy atom. The molecule has 0 spiro atoms. The topological polar surface area (TPSA) is 78.4 Å². The Bertz CT molecular complexity index is 265. The van der Waals surface area contributed by atoms with Gasteiger partial charge in [0.1, 0.15) is 6.04 Å². The number of hydrogen-bond acceptors (Lipinski definition) is 4. The van der Waals surface area contributed by atoms with Crippen LogP contribution in [-0.4, -0.2) is 53.2 Å². The van der Waals surface area contributed by atoms with Crippen molar-refractivity contribution in [3.63, 3.8) is 0 Å². The summed E-state index contributed by atoms with van der Waals surface area (Å²) in [5, 5.41) is 14.2. The number of carboxylic acids is 1. The number of aliphatic carboxylic acids is 1. The van der Waals surface area contributed by atoms with Gasteiger partial charge in [0, 0.05) is 6.04 Å². The second-order valence-electron chi connectivity index (χ2n) is 3.97. The number of hydrogen-bond donors (Lipinski definition) is 3. The SMILES string of the molecule is CSCCC(C)NC(=O)N[C@H](CCSC)C(=O)O. The molecule has 0 aliphatic carbocycles. The summed E-state index contributed by atoms with van der Waals surface area (Å²) in [7, 11) is 0. The summed E-state index contributed by atoms with van der Waals surface area (Å²) in [5.74, 6) is 0.686. The first-order valence-electron chi connectivity index (χ1n) is 5.79. The van der Waals surface area contributed by atoms with Crippen molar-refractivity contribution in [3.05, 3.63) is 0 Å². The van der Waals surface area contributed by atoms with Crippen LogP contribution >= 0.6 is 23.5 Å². The number of urea groups is 1. The van der Waals surface area contributed by atoms with Gasteiger partial charge < -0.3 is 15.7 Å². The van der Waals surface area contributed by atoms with Crippen molar-refractivity contribution in [1.82, 2.24) is 10.6 Å². The zero-order valence-electron chi connectivity index (χ0n) is 11.1. The molecule has 0 aromatic heterocycles. The van der Waals surface area contributed by atoms with E-state index in [0.717, 1.165) is 12.2 Å². The molecule has 0 aromatic carbocycles. The van der Waals surface area contributed by atoms with Gasteiger partial charge in [-0.3, -0.25) is 0 Å². The van der Waals surface area contributed by atoms with Crippen LogP contribution in [0.5, 0.6) is 0 Å². The zero-order chi connectivity index (χ0) is 14.0. The van der Waals surface area contributed by atoms with E-state index in [-0.39, 0.29) is 6.04 Å². The summed E-state index contributed by atoms with van der Waals surface area (Å²) in [6, 6.07) is -1.17. The standard InChI is InChI=1S/C11H22N2O3S2/c1-8(4-6-17-2)12-11(16)13-9(10(14)15)5-7-18-3/h8-9H,4-7H2,1-3H3,(H,14,15)(H2,12,13,16)/t8?,9-/m1/s1. The van der Waals surface area contributed by atoms with Gasteiger partial charge in [-0.2, -0.15) is 23.5 Å². The molecule has 5 nitrogen and oxygen atoms in total. The average molecular weight is 294 g/mol. The van der Waals surface area contributed by atoms with Crippen molar-refractivity contribution >= 4 is 35.5 Å². The lowest BCUT2D eigenvalue weighted by Gasteiger charge is -2.18. The molecule has 0 bridgehead atoms. The van der Waals surface area contributed by atoms with Crippen LogP contribution in [-0.2, 0) is 4.79 Å². The first-order valence-corrected chi connectivity index (χ1v) is 8.57. The highest BCUT2D eigenvalue weighted by molar-refractivity contribution is 7.98. The second kappa shape index (κ2) is 10.4. The van der Waals surface area contributed by atoms with Gasteiger partial charge in [0.15, 0.2) is 0 Å². The number of carbonyl (C=O) groups excluding carboxylic acids is 1. The fourth-order valence-corrected chi connectivity index (χ4v) is 2.34. The molecule has 0 saturated heterocycles. The van der Waals surface area contributed by atoms with E-state index in [2.05, 4.69) is 10.6 Å². The molecule has 2 atom stereocenters. The maximum Gasteiger partial charge on any atom is 0.326 e. The first kappa shape index (κ1) is 17.4. The molecule has 1 unspecified atom stereocenters. The lowest BCUT2D eigenvalue weighted by molar-refractivity contribution is -0.139. The zero-order valence-corrected chi connectivity index (χ0v) is 12.7. The van der Waals surface area contributed by atoms with Gasteiger partial charge in [0.05, 0.1) is 0 Å². The molecule has 106 valence electrons. The Labute approximate surface area is 117 Å². The summed E-state index contributed by atoms with van der Waals surface area (Å²) in [5.41, 5.74) is 0. The summed E-state index contributed by atoms with van der Waals surface area (Å²) < 4.78 is 0. The second-order valence-corrected chi connectivity index (χ2v) is 5.94. The highest BCUT2D eigenvalue weighted by atomic mass is 32.2.